The third-order valence-electron chi connectivity index (χ3n) is 9.89. The van der Waals surface area contributed by atoms with E-state index in [-0.39, 0.29) is 35.3 Å². The summed E-state index contributed by atoms with van der Waals surface area (Å²) in [4.78, 5) is 18.6. The molecule has 1 fully saturated rings. The second kappa shape index (κ2) is 27.4. The van der Waals surface area contributed by atoms with Gasteiger partial charge in [-0.2, -0.15) is 0 Å². The lowest BCUT2D eigenvalue weighted by Gasteiger charge is -2.36. The van der Waals surface area contributed by atoms with Gasteiger partial charge in [-0.1, -0.05) is 106 Å². The summed E-state index contributed by atoms with van der Waals surface area (Å²) in [7, 11) is 6.85. The minimum absolute atomic E-state index is 0.0238. The average Bonchev–Trinajstić information content (AvgIpc) is 3.26. The van der Waals surface area contributed by atoms with Crippen LogP contribution in [0.15, 0.2) is 116 Å². The van der Waals surface area contributed by atoms with E-state index in [9.17, 15) is 9.90 Å². The number of piperidine rings is 1. The summed E-state index contributed by atoms with van der Waals surface area (Å²) in [6.45, 7) is 19.2. The number of carbonyl (C=O) groups is 1. The van der Waals surface area contributed by atoms with E-state index in [4.69, 9.17) is 14.2 Å². The highest BCUT2D eigenvalue weighted by Gasteiger charge is 2.30. The van der Waals surface area contributed by atoms with Crippen molar-refractivity contribution in [3.8, 4) is 23.0 Å². The highest BCUT2D eigenvalue weighted by atomic mass is 16.5. The summed E-state index contributed by atoms with van der Waals surface area (Å²) in [6.07, 6.45) is 5.00. The Morgan fingerprint density at radius 3 is 2.05 bits per heavy atom. The number of carbonyl (C=O) groups excluding carboxylic acids is 1. The van der Waals surface area contributed by atoms with Gasteiger partial charge in [0.25, 0.3) is 0 Å². The average molecular weight is 795 g/mol. The van der Waals surface area contributed by atoms with Gasteiger partial charge in [-0.15, -0.1) is 6.58 Å². The second-order valence-corrected chi connectivity index (χ2v) is 14.1. The number of nitrogens with one attached hydrogen (secondary N) is 1. The molecule has 5 rings (SSSR count). The number of aromatic hydroxyl groups is 1. The number of hydrogen-bond donors (Lipinski definition) is 3. The molecule has 0 aliphatic carbocycles. The van der Waals surface area contributed by atoms with Gasteiger partial charge in [-0.05, 0) is 107 Å². The third kappa shape index (κ3) is 15.9. The van der Waals surface area contributed by atoms with Crippen molar-refractivity contribution in [1.29, 1.82) is 0 Å². The fourth-order valence-electron chi connectivity index (χ4n) is 6.69. The maximum absolute atomic E-state index is 14.2. The number of nitrogens with two attached hydrogens (primary N) is 1. The van der Waals surface area contributed by atoms with Crippen LogP contribution < -0.4 is 25.3 Å². The summed E-state index contributed by atoms with van der Waals surface area (Å²) in [5.41, 5.74) is 9.19. The molecule has 1 amide bonds. The Labute approximate surface area is 349 Å². The van der Waals surface area contributed by atoms with Gasteiger partial charge < -0.3 is 40.2 Å². The molecule has 1 heterocycles. The molecule has 9 nitrogen and oxygen atoms in total. The molecule has 4 aromatic rings. The van der Waals surface area contributed by atoms with Crippen LogP contribution in [0.4, 0.5) is 0 Å². The summed E-state index contributed by atoms with van der Waals surface area (Å²) < 4.78 is 17.0. The van der Waals surface area contributed by atoms with Crippen molar-refractivity contribution in [1.82, 2.24) is 15.1 Å². The molecule has 4 aromatic carbocycles. The van der Waals surface area contributed by atoms with E-state index >= 15 is 0 Å². The van der Waals surface area contributed by atoms with Crippen LogP contribution in [-0.2, 0) is 24.2 Å². The zero-order chi connectivity index (χ0) is 42.9. The van der Waals surface area contributed by atoms with Gasteiger partial charge in [-0.3, -0.25) is 4.79 Å². The number of phenolic OH excluding ortho intramolecular Hbond substituents is 1. The number of phenols is 1. The molecule has 0 radical (unpaired) electrons. The third-order valence-corrected chi connectivity index (χ3v) is 9.89. The van der Waals surface area contributed by atoms with E-state index in [2.05, 4.69) is 72.2 Å². The van der Waals surface area contributed by atoms with E-state index in [1.54, 1.807) is 26.4 Å². The maximum atomic E-state index is 14.2. The first-order chi connectivity index (χ1) is 28.1. The number of hydrogen-bond acceptors (Lipinski definition) is 8. The Morgan fingerprint density at radius 1 is 0.931 bits per heavy atom. The smallest absolute Gasteiger partial charge is 0.225 e. The SMILES string of the molecule is C=C(N[C@@H](Cc1ccccc1)C(C)CN(CCc1ccc(OC)cc1)C(=O)C1CCN(C)CC1)c1cc(O)c(OCc2ccccc2)c(OC)c1.C=CC.CC.CN. The van der Waals surface area contributed by atoms with Crippen molar-refractivity contribution in [2.24, 2.45) is 17.6 Å². The molecule has 0 saturated carbocycles. The first-order valence-electron chi connectivity index (χ1n) is 20.5. The van der Waals surface area contributed by atoms with Crippen molar-refractivity contribution >= 4 is 11.6 Å². The topological polar surface area (TPSA) is 110 Å². The van der Waals surface area contributed by atoms with Crippen LogP contribution in [-0.4, -0.2) is 81.3 Å². The Kier molecular flexibility index (Phi) is 23.1. The number of methoxy groups -OCH3 is 2. The first kappa shape index (κ1) is 48.9. The van der Waals surface area contributed by atoms with Gasteiger partial charge in [0.05, 0.1) is 14.2 Å². The minimum atomic E-state index is -0.0594. The zero-order valence-corrected chi connectivity index (χ0v) is 36.4. The van der Waals surface area contributed by atoms with E-state index < -0.39 is 0 Å². The largest absolute Gasteiger partial charge is 0.504 e. The molecular weight excluding hydrogens is 725 g/mol. The van der Waals surface area contributed by atoms with Crippen LogP contribution in [0.5, 0.6) is 23.0 Å². The Morgan fingerprint density at radius 2 is 1.50 bits per heavy atom. The lowest BCUT2D eigenvalue weighted by molar-refractivity contribution is -0.137. The van der Waals surface area contributed by atoms with Crippen LogP contribution >= 0.6 is 0 Å². The highest BCUT2D eigenvalue weighted by molar-refractivity contribution is 5.79. The second-order valence-electron chi connectivity index (χ2n) is 14.1. The van der Waals surface area contributed by atoms with Crippen molar-refractivity contribution in [2.45, 2.75) is 66.0 Å². The first-order valence-corrected chi connectivity index (χ1v) is 20.5. The molecule has 0 spiro atoms. The molecule has 2 atom stereocenters. The van der Waals surface area contributed by atoms with Gasteiger partial charge in [-0.25, -0.2) is 0 Å². The van der Waals surface area contributed by atoms with E-state index in [1.165, 1.54) is 18.2 Å². The van der Waals surface area contributed by atoms with Crippen molar-refractivity contribution < 1.29 is 24.1 Å². The molecule has 4 N–H and O–H groups in total. The van der Waals surface area contributed by atoms with Gasteiger partial charge in [0, 0.05) is 36.3 Å². The molecule has 1 unspecified atom stereocenters. The maximum Gasteiger partial charge on any atom is 0.225 e. The van der Waals surface area contributed by atoms with Gasteiger partial charge >= 0.3 is 0 Å². The molecule has 1 aliphatic rings. The number of nitrogens with zero attached hydrogens (tertiary/aromatic N) is 2. The number of likely N-dealkylation sites (tertiary alicyclic amines) is 1. The summed E-state index contributed by atoms with van der Waals surface area (Å²) in [5, 5.41) is 14.8. The van der Waals surface area contributed by atoms with E-state index in [1.807, 2.05) is 87.5 Å². The minimum Gasteiger partial charge on any atom is -0.504 e. The predicted molar refractivity (Wildman–Crippen MR) is 242 cm³/mol. The number of allylic oxidation sites excluding steroid dienone is 1. The highest BCUT2D eigenvalue weighted by Crippen LogP contribution is 2.39. The normalized spacial score (nSPS) is 13.3. The summed E-state index contributed by atoms with van der Waals surface area (Å²) in [6, 6.07) is 31.7. The van der Waals surface area contributed by atoms with Crippen LogP contribution in [0.1, 0.15) is 62.8 Å². The number of ether oxygens (including phenoxy) is 3. The predicted octanol–water partition coefficient (Wildman–Crippen LogP) is 9.00. The fraction of sp³-hybridized carbons (Fsp3) is 0.408. The standard InChI is InChI=1S/C43H53N3O5.C3H6.C2H6.CH5N/c1-31(29-46(43(48)36-21-23-45(3)24-22-36)25-20-33-16-18-38(49-4)19-17-33)39(26-34-12-8-6-9-13-34)44-32(2)37-27-40(47)42(41(28-37)50-5)51-30-35-14-10-7-11-15-35;1-3-2;2*1-2/h6-19,27-28,31,36,39,44,47H,2,20-26,29-30H2,1,3-5H3;3H,1H2,2H3;1-2H3;2H2,1H3/t31?,39-;;;/m0.../s1. The molecular formula is C49H70N4O5. The Hall–Kier alpha value is -5.25. The van der Waals surface area contributed by atoms with Crippen LogP contribution in [0.3, 0.4) is 0 Å². The van der Waals surface area contributed by atoms with Gasteiger partial charge in [0.1, 0.15) is 12.4 Å². The lowest BCUT2D eigenvalue weighted by Crippen LogP contribution is -2.47. The summed E-state index contributed by atoms with van der Waals surface area (Å²) in [5.74, 6) is 1.83. The van der Waals surface area contributed by atoms with Crippen LogP contribution in [0.2, 0.25) is 0 Å². The van der Waals surface area contributed by atoms with Crippen LogP contribution in [0.25, 0.3) is 5.70 Å². The lowest BCUT2D eigenvalue weighted by atomic mass is 9.91. The fourth-order valence-corrected chi connectivity index (χ4v) is 6.69. The molecule has 58 heavy (non-hydrogen) atoms. The number of rotatable bonds is 17. The van der Waals surface area contributed by atoms with Gasteiger partial charge in [0.15, 0.2) is 11.5 Å². The number of benzene rings is 4. The monoisotopic (exact) mass is 795 g/mol. The van der Waals surface area contributed by atoms with E-state index in [0.29, 0.717) is 36.7 Å². The number of amides is 1. The van der Waals surface area contributed by atoms with Crippen LogP contribution in [0, 0.1) is 11.8 Å². The molecule has 0 aromatic heterocycles. The summed E-state index contributed by atoms with van der Waals surface area (Å²) >= 11 is 0. The molecule has 9 heteroatoms. The van der Waals surface area contributed by atoms with Crippen molar-refractivity contribution in [2.75, 3.05) is 54.5 Å². The van der Waals surface area contributed by atoms with Crippen molar-refractivity contribution in [3.63, 3.8) is 0 Å². The van der Waals surface area contributed by atoms with Crippen molar-refractivity contribution in [3.05, 3.63) is 139 Å². The quantitative estimate of drug-likeness (QED) is 0.0910. The Balaban J connectivity index is 0.00000156. The molecule has 1 saturated heterocycles. The Bertz CT molecular complexity index is 1740. The van der Waals surface area contributed by atoms with Gasteiger partial charge in [0.2, 0.25) is 11.7 Å². The zero-order valence-electron chi connectivity index (χ0n) is 36.4. The molecule has 1 aliphatic heterocycles. The molecule has 0 bridgehead atoms. The molecule has 316 valence electrons. The van der Waals surface area contributed by atoms with E-state index in [0.717, 1.165) is 50.1 Å².